The minimum atomic E-state index is -0.185. The van der Waals surface area contributed by atoms with Crippen LogP contribution in [0.2, 0.25) is 0 Å². The van der Waals surface area contributed by atoms with E-state index in [0.29, 0.717) is 0 Å². The van der Waals surface area contributed by atoms with Crippen LogP contribution in [0.5, 0.6) is 0 Å². The number of hydrogen-bond donors (Lipinski definition) is 2. The molecule has 2 N–H and O–H groups in total. The summed E-state index contributed by atoms with van der Waals surface area (Å²) in [5, 5.41) is 6.72. The molecule has 1 aromatic rings. The summed E-state index contributed by atoms with van der Waals surface area (Å²) in [6, 6.07) is 6.66. The highest BCUT2D eigenvalue weighted by atomic mass is 127. The largest absolute Gasteiger partial charge is 0.379 e. The predicted octanol–water partition coefficient (Wildman–Crippen LogP) is 3.59. The third-order valence-corrected chi connectivity index (χ3v) is 5.39. The number of guanidine groups is 1. The Bertz CT molecular complexity index is 542. The van der Waals surface area contributed by atoms with Crippen LogP contribution in [0.15, 0.2) is 34.2 Å². The van der Waals surface area contributed by atoms with Gasteiger partial charge in [0.05, 0.1) is 13.2 Å². The van der Waals surface area contributed by atoms with Crippen molar-refractivity contribution in [1.82, 2.24) is 15.5 Å². The number of aliphatic imine (C=N–C) groups is 1. The Morgan fingerprint density at radius 1 is 1.14 bits per heavy atom. The van der Waals surface area contributed by atoms with E-state index in [0.717, 1.165) is 81.9 Å². The highest BCUT2D eigenvalue weighted by molar-refractivity contribution is 14.0. The number of morpholine rings is 1. The van der Waals surface area contributed by atoms with Gasteiger partial charge in [-0.1, -0.05) is 0 Å². The second kappa shape index (κ2) is 16.2. The Balaban J connectivity index is 0.00000392. The van der Waals surface area contributed by atoms with E-state index in [2.05, 4.69) is 27.4 Å². The Kier molecular flexibility index (Phi) is 14.8. The molecule has 0 unspecified atom stereocenters. The van der Waals surface area contributed by atoms with Crippen LogP contribution in [0.4, 0.5) is 4.39 Å². The predicted molar refractivity (Wildman–Crippen MR) is 128 cm³/mol. The molecule has 28 heavy (non-hydrogen) atoms. The van der Waals surface area contributed by atoms with Crippen LogP contribution in [0.25, 0.3) is 0 Å². The molecule has 5 nitrogen and oxygen atoms in total. The molecule has 0 atom stereocenters. The van der Waals surface area contributed by atoms with E-state index in [1.165, 1.54) is 18.6 Å². The van der Waals surface area contributed by atoms with Gasteiger partial charge in [-0.25, -0.2) is 4.39 Å². The van der Waals surface area contributed by atoms with E-state index >= 15 is 0 Å². The second-order valence-corrected chi connectivity index (χ2v) is 7.67. The number of benzene rings is 1. The first-order valence-electron chi connectivity index (χ1n) is 9.98. The van der Waals surface area contributed by atoms with Gasteiger partial charge in [0, 0.05) is 37.6 Å². The number of nitrogens with one attached hydrogen (secondary N) is 2. The number of hydrogen-bond acceptors (Lipinski definition) is 4. The Morgan fingerprint density at radius 3 is 2.61 bits per heavy atom. The van der Waals surface area contributed by atoms with Gasteiger partial charge in [-0.2, -0.15) is 0 Å². The van der Waals surface area contributed by atoms with Crippen LogP contribution in [0.3, 0.4) is 0 Å². The maximum Gasteiger partial charge on any atom is 0.191 e. The molecular formula is C20H34FIN4OS. The molecule has 0 amide bonds. The maximum atomic E-state index is 12.9. The standard InChI is InChI=1S/C20H33FN4OS.HI/c1-2-22-20(23-10-3-4-12-25-13-15-26-16-14-25)24-11-5-17-27-19-8-6-18(21)7-9-19;/h6-9H,2-5,10-17H2,1H3,(H2,22,23,24);1H. The van der Waals surface area contributed by atoms with E-state index in [1.807, 2.05) is 12.1 Å². The van der Waals surface area contributed by atoms with Gasteiger partial charge in [0.15, 0.2) is 5.96 Å². The number of ether oxygens (including phenoxy) is 1. The maximum absolute atomic E-state index is 12.9. The number of rotatable bonds is 11. The van der Waals surface area contributed by atoms with Crippen molar-refractivity contribution >= 4 is 41.7 Å². The zero-order chi connectivity index (χ0) is 19.2. The van der Waals surface area contributed by atoms with Crippen LogP contribution >= 0.6 is 35.7 Å². The Hall–Kier alpha value is -0.580. The summed E-state index contributed by atoms with van der Waals surface area (Å²) in [6.45, 7) is 9.70. The Labute approximate surface area is 190 Å². The van der Waals surface area contributed by atoms with Gasteiger partial charge < -0.3 is 15.4 Å². The molecule has 0 aromatic heterocycles. The first kappa shape index (κ1) is 25.5. The molecule has 2 rings (SSSR count). The first-order valence-corrected chi connectivity index (χ1v) is 11.0. The summed E-state index contributed by atoms with van der Waals surface area (Å²) >= 11 is 1.74. The van der Waals surface area contributed by atoms with Crippen LogP contribution in [0.1, 0.15) is 26.2 Å². The Morgan fingerprint density at radius 2 is 1.89 bits per heavy atom. The highest BCUT2D eigenvalue weighted by Gasteiger charge is 2.09. The van der Waals surface area contributed by atoms with E-state index in [1.54, 1.807) is 11.8 Å². The summed E-state index contributed by atoms with van der Waals surface area (Å²) in [7, 11) is 0. The van der Waals surface area contributed by atoms with E-state index in [4.69, 9.17) is 4.74 Å². The molecule has 160 valence electrons. The van der Waals surface area contributed by atoms with Crippen LogP contribution in [-0.2, 0) is 4.74 Å². The van der Waals surface area contributed by atoms with Gasteiger partial charge in [0.1, 0.15) is 5.82 Å². The minimum absolute atomic E-state index is 0. The summed E-state index contributed by atoms with van der Waals surface area (Å²) < 4.78 is 18.3. The summed E-state index contributed by atoms with van der Waals surface area (Å²) in [4.78, 5) is 8.22. The number of halogens is 2. The third kappa shape index (κ3) is 11.4. The fourth-order valence-electron chi connectivity index (χ4n) is 2.81. The van der Waals surface area contributed by atoms with E-state index < -0.39 is 0 Å². The fraction of sp³-hybridized carbons (Fsp3) is 0.650. The van der Waals surface area contributed by atoms with Crippen LogP contribution in [-0.4, -0.2) is 69.1 Å². The van der Waals surface area contributed by atoms with Gasteiger partial charge in [-0.05, 0) is 62.7 Å². The molecule has 1 heterocycles. The van der Waals surface area contributed by atoms with Crippen molar-refractivity contribution in [3.63, 3.8) is 0 Å². The molecule has 0 aliphatic carbocycles. The van der Waals surface area contributed by atoms with Gasteiger partial charge in [-0.15, -0.1) is 35.7 Å². The molecule has 0 spiro atoms. The molecule has 1 aliphatic heterocycles. The van der Waals surface area contributed by atoms with Gasteiger partial charge >= 0.3 is 0 Å². The fourth-order valence-corrected chi connectivity index (χ4v) is 3.65. The van der Waals surface area contributed by atoms with Gasteiger partial charge in [0.2, 0.25) is 0 Å². The minimum Gasteiger partial charge on any atom is -0.379 e. The lowest BCUT2D eigenvalue weighted by molar-refractivity contribution is 0.0372. The lowest BCUT2D eigenvalue weighted by atomic mass is 10.3. The van der Waals surface area contributed by atoms with Crippen molar-refractivity contribution in [1.29, 1.82) is 0 Å². The number of unbranched alkanes of at least 4 members (excludes halogenated alkanes) is 1. The molecule has 0 bridgehead atoms. The van der Waals surface area contributed by atoms with Crippen molar-refractivity contribution in [2.45, 2.75) is 31.1 Å². The van der Waals surface area contributed by atoms with Crippen molar-refractivity contribution in [2.24, 2.45) is 4.99 Å². The third-order valence-electron chi connectivity index (χ3n) is 4.30. The molecule has 1 aliphatic rings. The van der Waals surface area contributed by atoms with Crippen LogP contribution in [0, 0.1) is 5.82 Å². The summed E-state index contributed by atoms with van der Waals surface area (Å²) in [5.74, 6) is 1.69. The molecule has 0 radical (unpaired) electrons. The summed E-state index contributed by atoms with van der Waals surface area (Å²) in [5.41, 5.74) is 0. The number of nitrogens with zero attached hydrogens (tertiary/aromatic N) is 2. The van der Waals surface area contributed by atoms with Crippen LogP contribution < -0.4 is 10.6 Å². The normalized spacial score (nSPS) is 15.1. The quantitative estimate of drug-likeness (QED) is 0.152. The van der Waals surface area contributed by atoms with Gasteiger partial charge in [-0.3, -0.25) is 9.89 Å². The van der Waals surface area contributed by atoms with Crippen molar-refractivity contribution in [2.75, 3.05) is 58.2 Å². The number of thioether (sulfide) groups is 1. The smallest absolute Gasteiger partial charge is 0.191 e. The average molecular weight is 524 g/mol. The SMILES string of the molecule is CCNC(=NCCCSc1ccc(F)cc1)NCCCCN1CCOCC1.I. The van der Waals surface area contributed by atoms with Crippen molar-refractivity contribution in [3.05, 3.63) is 30.1 Å². The lowest BCUT2D eigenvalue weighted by Gasteiger charge is -2.26. The van der Waals surface area contributed by atoms with Crippen molar-refractivity contribution in [3.8, 4) is 0 Å². The van der Waals surface area contributed by atoms with E-state index in [9.17, 15) is 4.39 Å². The molecule has 1 fully saturated rings. The monoisotopic (exact) mass is 524 g/mol. The molecule has 1 aromatic carbocycles. The zero-order valence-electron chi connectivity index (χ0n) is 16.8. The lowest BCUT2D eigenvalue weighted by Crippen LogP contribution is -2.39. The zero-order valence-corrected chi connectivity index (χ0v) is 19.9. The van der Waals surface area contributed by atoms with Gasteiger partial charge in [0.25, 0.3) is 0 Å². The summed E-state index contributed by atoms with van der Waals surface area (Å²) in [6.07, 6.45) is 3.33. The highest BCUT2D eigenvalue weighted by Crippen LogP contribution is 2.18. The first-order chi connectivity index (χ1) is 13.3. The second-order valence-electron chi connectivity index (χ2n) is 6.50. The molecular weight excluding hydrogens is 490 g/mol. The molecule has 0 saturated carbocycles. The average Bonchev–Trinajstić information content (AvgIpc) is 2.69. The van der Waals surface area contributed by atoms with E-state index in [-0.39, 0.29) is 29.8 Å². The molecule has 1 saturated heterocycles. The molecule has 8 heteroatoms. The van der Waals surface area contributed by atoms with Crippen molar-refractivity contribution < 1.29 is 9.13 Å². The topological polar surface area (TPSA) is 48.9 Å².